The zero-order valence-corrected chi connectivity index (χ0v) is 15.6. The molecule has 0 bridgehead atoms. The number of Topliss-reactive ketones (excluding diaryl/α,β-unsaturated/α-hetero) is 1. The van der Waals surface area contributed by atoms with E-state index in [0.717, 1.165) is 5.69 Å². The molecule has 0 aliphatic heterocycles. The Morgan fingerprint density at radius 2 is 1.88 bits per heavy atom. The van der Waals surface area contributed by atoms with E-state index in [1.54, 1.807) is 6.20 Å². The lowest BCUT2D eigenvalue weighted by molar-refractivity contribution is 0.0993. The van der Waals surface area contributed by atoms with Crippen molar-refractivity contribution in [1.82, 2.24) is 15.2 Å². The van der Waals surface area contributed by atoms with Crippen LogP contribution in [0.15, 0.2) is 52.2 Å². The molecule has 2 aromatic heterocycles. The first-order valence-electron chi connectivity index (χ1n) is 8.13. The predicted molar refractivity (Wildman–Crippen MR) is 98.9 cm³/mol. The number of hydrogen-bond acceptors (Lipinski definition) is 5. The van der Waals surface area contributed by atoms with Crippen LogP contribution in [-0.4, -0.2) is 26.2 Å². The maximum Gasteiger partial charge on any atom is 0.277 e. The van der Waals surface area contributed by atoms with E-state index < -0.39 is 0 Å². The molecule has 2 heterocycles. The van der Waals surface area contributed by atoms with Crippen molar-refractivity contribution in [3.05, 3.63) is 53.7 Å². The Bertz CT molecular complexity index is 846. The maximum atomic E-state index is 12.6. The molecule has 0 saturated carbocycles. The summed E-state index contributed by atoms with van der Waals surface area (Å²) in [7, 11) is 0. The monoisotopic (exact) mass is 355 g/mol. The predicted octanol–water partition coefficient (Wildman–Crippen LogP) is 4.73. The van der Waals surface area contributed by atoms with Crippen molar-refractivity contribution in [2.45, 2.75) is 43.6 Å². The van der Waals surface area contributed by atoms with Gasteiger partial charge in [-0.15, -0.1) is 10.2 Å². The summed E-state index contributed by atoms with van der Waals surface area (Å²) in [5, 5.41) is 8.09. The minimum absolute atomic E-state index is 0.0464. The van der Waals surface area contributed by atoms with Crippen LogP contribution >= 0.6 is 11.8 Å². The Balaban J connectivity index is 1.68. The molecule has 0 radical (unpaired) electrons. The normalized spacial score (nSPS) is 13.0. The van der Waals surface area contributed by atoms with Gasteiger partial charge in [0.1, 0.15) is 5.69 Å². The molecule has 0 saturated heterocycles. The number of benzene rings is 1. The van der Waals surface area contributed by atoms with Crippen LogP contribution in [0.5, 0.6) is 0 Å². The molecule has 6 heteroatoms. The van der Waals surface area contributed by atoms with Gasteiger partial charge in [0.05, 0.1) is 5.25 Å². The van der Waals surface area contributed by atoms with Crippen LogP contribution in [0.4, 0.5) is 0 Å². The number of ketones is 1. The Kier molecular flexibility index (Phi) is 4.81. The van der Waals surface area contributed by atoms with E-state index in [-0.39, 0.29) is 16.4 Å². The van der Waals surface area contributed by atoms with Crippen molar-refractivity contribution < 1.29 is 9.21 Å². The third-order valence-electron chi connectivity index (χ3n) is 3.92. The molecule has 0 spiro atoms. The maximum absolute atomic E-state index is 12.6. The highest BCUT2D eigenvalue weighted by Crippen LogP contribution is 2.28. The van der Waals surface area contributed by atoms with Gasteiger partial charge in [-0.2, -0.15) is 0 Å². The van der Waals surface area contributed by atoms with Crippen LogP contribution in [0, 0.1) is 0 Å². The van der Waals surface area contributed by atoms with Gasteiger partial charge >= 0.3 is 0 Å². The van der Waals surface area contributed by atoms with Gasteiger partial charge in [-0.1, -0.05) is 56.8 Å². The molecule has 1 atom stereocenters. The average molecular weight is 355 g/mol. The van der Waals surface area contributed by atoms with E-state index in [0.29, 0.717) is 16.7 Å². The van der Waals surface area contributed by atoms with Crippen molar-refractivity contribution in [1.29, 1.82) is 0 Å². The third-order valence-corrected chi connectivity index (χ3v) is 4.85. The second kappa shape index (κ2) is 6.88. The SMILES string of the molecule is CC(Sc1nnc(-c2ccc[nH]2)o1)C(=O)c1ccc(C(C)(C)C)cc1. The fourth-order valence-corrected chi connectivity index (χ4v) is 3.16. The highest BCUT2D eigenvalue weighted by molar-refractivity contribution is 8.00. The Morgan fingerprint density at radius 1 is 1.16 bits per heavy atom. The molecule has 0 aliphatic rings. The van der Waals surface area contributed by atoms with Gasteiger partial charge < -0.3 is 9.40 Å². The summed E-state index contributed by atoms with van der Waals surface area (Å²) in [5.41, 5.74) is 2.73. The van der Waals surface area contributed by atoms with Gasteiger partial charge in [-0.3, -0.25) is 4.79 Å². The van der Waals surface area contributed by atoms with Crippen LogP contribution in [0.2, 0.25) is 0 Å². The van der Waals surface area contributed by atoms with Crippen LogP contribution in [0.1, 0.15) is 43.6 Å². The number of nitrogens with one attached hydrogen (secondary N) is 1. The molecule has 0 fully saturated rings. The van der Waals surface area contributed by atoms with Crippen LogP contribution in [0.25, 0.3) is 11.6 Å². The third kappa shape index (κ3) is 4.02. The number of nitrogens with zero attached hydrogens (tertiary/aromatic N) is 2. The zero-order chi connectivity index (χ0) is 18.0. The summed E-state index contributed by atoms with van der Waals surface area (Å²) in [6.45, 7) is 8.31. The standard InChI is InChI=1S/C19H21N3O2S/c1-12(16(23)13-7-9-14(10-8-13)19(2,3)4)25-18-22-21-17(24-18)15-6-5-11-20-15/h5-12,20H,1-4H3. The fourth-order valence-electron chi connectivity index (χ4n) is 2.40. The number of aromatic amines is 1. The van der Waals surface area contributed by atoms with Gasteiger partial charge in [0.25, 0.3) is 11.1 Å². The number of carbonyl (C=O) groups excluding carboxylic acids is 1. The first-order chi connectivity index (χ1) is 11.8. The summed E-state index contributed by atoms with van der Waals surface area (Å²) >= 11 is 1.27. The summed E-state index contributed by atoms with van der Waals surface area (Å²) < 4.78 is 5.61. The molecule has 1 N–H and O–H groups in total. The number of thioether (sulfide) groups is 1. The number of carbonyl (C=O) groups is 1. The van der Waals surface area contributed by atoms with Crippen LogP contribution < -0.4 is 0 Å². The zero-order valence-electron chi connectivity index (χ0n) is 14.7. The minimum Gasteiger partial charge on any atom is -0.410 e. The van der Waals surface area contributed by atoms with Crippen molar-refractivity contribution >= 4 is 17.5 Å². The van der Waals surface area contributed by atoms with Crippen molar-refractivity contribution in [3.63, 3.8) is 0 Å². The molecule has 130 valence electrons. The first-order valence-corrected chi connectivity index (χ1v) is 9.01. The summed E-state index contributed by atoms with van der Waals surface area (Å²) in [4.78, 5) is 15.6. The average Bonchev–Trinajstić information content (AvgIpc) is 3.24. The quantitative estimate of drug-likeness (QED) is 0.529. The van der Waals surface area contributed by atoms with E-state index in [9.17, 15) is 4.79 Å². The number of aromatic nitrogens is 3. The summed E-state index contributed by atoms with van der Waals surface area (Å²) in [6, 6.07) is 11.5. The second-order valence-electron chi connectivity index (χ2n) is 6.91. The van der Waals surface area contributed by atoms with E-state index in [1.165, 1.54) is 17.3 Å². The van der Waals surface area contributed by atoms with Gasteiger partial charge in [0.2, 0.25) is 0 Å². The highest BCUT2D eigenvalue weighted by Gasteiger charge is 2.21. The highest BCUT2D eigenvalue weighted by atomic mass is 32.2. The fraction of sp³-hybridized carbons (Fsp3) is 0.316. The lowest BCUT2D eigenvalue weighted by Crippen LogP contribution is -2.15. The van der Waals surface area contributed by atoms with E-state index in [4.69, 9.17) is 4.42 Å². The van der Waals surface area contributed by atoms with Crippen LogP contribution in [-0.2, 0) is 5.41 Å². The van der Waals surface area contributed by atoms with Crippen molar-refractivity contribution in [3.8, 4) is 11.6 Å². The van der Waals surface area contributed by atoms with Crippen molar-refractivity contribution in [2.24, 2.45) is 0 Å². The molecule has 3 aromatic rings. The topological polar surface area (TPSA) is 71.8 Å². The van der Waals surface area contributed by atoms with Crippen molar-refractivity contribution in [2.75, 3.05) is 0 Å². The van der Waals surface area contributed by atoms with Gasteiger partial charge in [0, 0.05) is 11.8 Å². The van der Waals surface area contributed by atoms with Gasteiger partial charge in [-0.25, -0.2) is 0 Å². The Hall–Kier alpha value is -2.34. The summed E-state index contributed by atoms with van der Waals surface area (Å²) in [5.74, 6) is 0.465. The second-order valence-corrected chi connectivity index (χ2v) is 8.20. The molecule has 1 unspecified atom stereocenters. The van der Waals surface area contributed by atoms with E-state index >= 15 is 0 Å². The minimum atomic E-state index is -0.308. The largest absolute Gasteiger partial charge is 0.410 e. The Labute approximate surface area is 151 Å². The van der Waals surface area contributed by atoms with E-state index in [2.05, 4.69) is 36.0 Å². The molecular weight excluding hydrogens is 334 g/mol. The lowest BCUT2D eigenvalue weighted by atomic mass is 9.86. The first kappa shape index (κ1) is 17.5. The molecule has 0 aliphatic carbocycles. The van der Waals surface area contributed by atoms with Gasteiger partial charge in [-0.05, 0) is 30.0 Å². The molecule has 25 heavy (non-hydrogen) atoms. The van der Waals surface area contributed by atoms with E-state index in [1.807, 2.05) is 43.3 Å². The molecule has 3 rings (SSSR count). The molecule has 5 nitrogen and oxygen atoms in total. The molecule has 1 aromatic carbocycles. The smallest absolute Gasteiger partial charge is 0.277 e. The van der Waals surface area contributed by atoms with Gasteiger partial charge in [0.15, 0.2) is 5.78 Å². The lowest BCUT2D eigenvalue weighted by Gasteiger charge is -2.19. The summed E-state index contributed by atoms with van der Waals surface area (Å²) in [6.07, 6.45) is 1.79. The number of rotatable bonds is 5. The van der Waals surface area contributed by atoms with Crippen LogP contribution in [0.3, 0.4) is 0 Å². The number of hydrogen-bond donors (Lipinski definition) is 1. The molecule has 0 amide bonds. The number of H-pyrrole nitrogens is 1. The molecular formula is C19H21N3O2S. The Morgan fingerprint density at radius 3 is 2.48 bits per heavy atom.